The molecule has 0 aromatic heterocycles. The fraction of sp³-hybridized carbons (Fsp3) is 0.500. The summed E-state index contributed by atoms with van der Waals surface area (Å²) in [5, 5.41) is 0. The van der Waals surface area contributed by atoms with Crippen molar-refractivity contribution in [1.82, 2.24) is 0 Å². The number of hydrogen-bond acceptors (Lipinski definition) is 2. The standard InChI is InChI=1S/C12H14BrF2NO/c13-8-5-9(14)11(15)10(6-8)17-7-12(1-2-12)3-4-16/h5-6H,1-4,7,16H2. The molecule has 0 unspecified atom stereocenters. The van der Waals surface area contributed by atoms with Gasteiger partial charge in [0.1, 0.15) is 0 Å². The summed E-state index contributed by atoms with van der Waals surface area (Å²) in [6.07, 6.45) is 2.95. The largest absolute Gasteiger partial charge is 0.490 e. The summed E-state index contributed by atoms with van der Waals surface area (Å²) in [5.74, 6) is -1.88. The predicted octanol–water partition coefficient (Wildman–Crippen LogP) is 3.24. The maximum atomic E-state index is 13.4. The minimum absolute atomic E-state index is 0.0415. The van der Waals surface area contributed by atoms with Crippen molar-refractivity contribution in [2.24, 2.45) is 11.1 Å². The van der Waals surface area contributed by atoms with E-state index in [-0.39, 0.29) is 11.2 Å². The van der Waals surface area contributed by atoms with Crippen molar-refractivity contribution in [3.05, 3.63) is 28.2 Å². The Labute approximate surface area is 107 Å². The Balaban J connectivity index is 2.04. The van der Waals surface area contributed by atoms with Crippen LogP contribution in [-0.4, -0.2) is 13.2 Å². The molecular formula is C12H14BrF2NO. The van der Waals surface area contributed by atoms with Crippen molar-refractivity contribution in [3.8, 4) is 5.75 Å². The third kappa shape index (κ3) is 2.96. The third-order valence-corrected chi connectivity index (χ3v) is 3.58. The van der Waals surface area contributed by atoms with Crippen LogP contribution in [0.15, 0.2) is 16.6 Å². The van der Waals surface area contributed by atoms with E-state index in [2.05, 4.69) is 15.9 Å². The van der Waals surface area contributed by atoms with Crippen molar-refractivity contribution in [3.63, 3.8) is 0 Å². The summed E-state index contributed by atoms with van der Waals surface area (Å²) in [7, 11) is 0. The summed E-state index contributed by atoms with van der Waals surface area (Å²) < 4.78 is 32.4. The Morgan fingerprint density at radius 3 is 2.65 bits per heavy atom. The molecule has 1 aromatic carbocycles. The van der Waals surface area contributed by atoms with Gasteiger partial charge in [-0.25, -0.2) is 4.39 Å². The van der Waals surface area contributed by atoms with Crippen molar-refractivity contribution in [1.29, 1.82) is 0 Å². The second kappa shape index (κ2) is 4.90. The lowest BCUT2D eigenvalue weighted by atomic mass is 10.0. The number of ether oxygens (including phenoxy) is 1. The SMILES string of the molecule is NCCC1(COc2cc(Br)cc(F)c2F)CC1. The van der Waals surface area contributed by atoms with Gasteiger partial charge in [0.15, 0.2) is 11.6 Å². The van der Waals surface area contributed by atoms with Crippen LogP contribution in [0, 0.1) is 17.0 Å². The van der Waals surface area contributed by atoms with Crippen LogP contribution in [0.5, 0.6) is 5.75 Å². The summed E-state index contributed by atoms with van der Waals surface area (Å²) in [6.45, 7) is 0.996. The molecule has 94 valence electrons. The molecule has 2 rings (SSSR count). The van der Waals surface area contributed by atoms with Gasteiger partial charge in [0.25, 0.3) is 0 Å². The van der Waals surface area contributed by atoms with Crippen LogP contribution in [0.3, 0.4) is 0 Å². The highest BCUT2D eigenvalue weighted by atomic mass is 79.9. The molecule has 0 radical (unpaired) electrons. The number of hydrogen-bond donors (Lipinski definition) is 1. The summed E-state index contributed by atoms with van der Waals surface area (Å²) in [6, 6.07) is 2.52. The molecule has 0 heterocycles. The van der Waals surface area contributed by atoms with Gasteiger partial charge in [0.2, 0.25) is 5.82 Å². The summed E-state index contributed by atoms with van der Waals surface area (Å²) in [5.41, 5.74) is 5.59. The van der Waals surface area contributed by atoms with Gasteiger partial charge in [0.05, 0.1) is 6.61 Å². The van der Waals surface area contributed by atoms with E-state index in [1.807, 2.05) is 0 Å². The van der Waals surface area contributed by atoms with Crippen molar-refractivity contribution < 1.29 is 13.5 Å². The molecule has 1 saturated carbocycles. The Hall–Kier alpha value is -0.680. The highest BCUT2D eigenvalue weighted by Crippen LogP contribution is 2.48. The van der Waals surface area contributed by atoms with Crippen molar-refractivity contribution >= 4 is 15.9 Å². The van der Waals surface area contributed by atoms with Gasteiger partial charge >= 0.3 is 0 Å². The van der Waals surface area contributed by atoms with E-state index in [1.54, 1.807) is 0 Å². The minimum atomic E-state index is -0.934. The average Bonchev–Trinajstić information content (AvgIpc) is 3.02. The average molecular weight is 306 g/mol. The van der Waals surface area contributed by atoms with E-state index in [0.717, 1.165) is 25.3 Å². The Bertz CT molecular complexity index is 421. The first-order valence-electron chi connectivity index (χ1n) is 5.54. The van der Waals surface area contributed by atoms with Crippen LogP contribution in [0.4, 0.5) is 8.78 Å². The predicted molar refractivity (Wildman–Crippen MR) is 64.9 cm³/mol. The molecule has 0 saturated heterocycles. The van der Waals surface area contributed by atoms with Gasteiger partial charge in [-0.3, -0.25) is 0 Å². The quantitative estimate of drug-likeness (QED) is 0.848. The topological polar surface area (TPSA) is 35.2 Å². The molecule has 0 atom stereocenters. The first kappa shape index (κ1) is 12.8. The maximum Gasteiger partial charge on any atom is 0.200 e. The van der Waals surface area contributed by atoms with Crippen LogP contribution >= 0.6 is 15.9 Å². The van der Waals surface area contributed by atoms with E-state index < -0.39 is 11.6 Å². The van der Waals surface area contributed by atoms with Crippen LogP contribution < -0.4 is 10.5 Å². The monoisotopic (exact) mass is 305 g/mol. The number of halogens is 3. The lowest BCUT2D eigenvalue weighted by Crippen LogP contribution is -2.18. The zero-order valence-electron chi connectivity index (χ0n) is 9.31. The summed E-state index contributed by atoms with van der Waals surface area (Å²) >= 11 is 3.11. The molecule has 0 amide bonds. The zero-order chi connectivity index (χ0) is 12.5. The molecule has 0 spiro atoms. The smallest absolute Gasteiger partial charge is 0.200 e. The lowest BCUT2D eigenvalue weighted by molar-refractivity contribution is 0.216. The van der Waals surface area contributed by atoms with Crippen LogP contribution in [0.25, 0.3) is 0 Å². The Morgan fingerprint density at radius 1 is 1.35 bits per heavy atom. The first-order valence-corrected chi connectivity index (χ1v) is 6.33. The van der Waals surface area contributed by atoms with Gasteiger partial charge in [-0.2, -0.15) is 4.39 Å². The molecule has 0 bridgehead atoms. The zero-order valence-corrected chi connectivity index (χ0v) is 10.9. The number of benzene rings is 1. The minimum Gasteiger partial charge on any atom is -0.490 e. The molecule has 5 heteroatoms. The molecule has 1 aromatic rings. The van der Waals surface area contributed by atoms with Crippen molar-refractivity contribution in [2.45, 2.75) is 19.3 Å². The molecular weight excluding hydrogens is 292 g/mol. The van der Waals surface area contributed by atoms with E-state index in [4.69, 9.17) is 10.5 Å². The molecule has 2 N–H and O–H groups in total. The second-order valence-corrected chi connectivity index (χ2v) is 5.44. The molecule has 17 heavy (non-hydrogen) atoms. The first-order chi connectivity index (χ1) is 8.06. The second-order valence-electron chi connectivity index (χ2n) is 4.53. The third-order valence-electron chi connectivity index (χ3n) is 3.13. The van der Waals surface area contributed by atoms with E-state index in [1.165, 1.54) is 6.07 Å². The van der Waals surface area contributed by atoms with Crippen LogP contribution in [0.2, 0.25) is 0 Å². The highest BCUT2D eigenvalue weighted by molar-refractivity contribution is 9.10. The number of rotatable bonds is 5. The van der Waals surface area contributed by atoms with Crippen molar-refractivity contribution in [2.75, 3.05) is 13.2 Å². The van der Waals surface area contributed by atoms with E-state index >= 15 is 0 Å². The molecule has 2 nitrogen and oxygen atoms in total. The lowest BCUT2D eigenvalue weighted by Gasteiger charge is -2.15. The van der Waals surface area contributed by atoms with Gasteiger partial charge < -0.3 is 10.5 Å². The fourth-order valence-corrected chi connectivity index (χ4v) is 2.23. The summed E-state index contributed by atoms with van der Waals surface area (Å²) in [4.78, 5) is 0. The fourth-order valence-electron chi connectivity index (χ4n) is 1.82. The normalized spacial score (nSPS) is 16.9. The van der Waals surface area contributed by atoms with Gasteiger partial charge in [-0.1, -0.05) is 15.9 Å². The van der Waals surface area contributed by atoms with E-state index in [9.17, 15) is 8.78 Å². The maximum absolute atomic E-state index is 13.4. The van der Waals surface area contributed by atoms with Gasteiger partial charge in [-0.15, -0.1) is 0 Å². The molecule has 0 aliphatic heterocycles. The molecule has 1 aliphatic rings. The van der Waals surface area contributed by atoms with E-state index in [0.29, 0.717) is 17.6 Å². The molecule has 1 aliphatic carbocycles. The highest BCUT2D eigenvalue weighted by Gasteiger charge is 2.42. The van der Waals surface area contributed by atoms with Gasteiger partial charge in [-0.05, 0) is 37.9 Å². The molecule has 1 fully saturated rings. The number of nitrogens with two attached hydrogens (primary N) is 1. The van der Waals surface area contributed by atoms with Gasteiger partial charge in [0, 0.05) is 9.89 Å². The van der Waals surface area contributed by atoms with Crippen LogP contribution in [0.1, 0.15) is 19.3 Å². The van der Waals surface area contributed by atoms with Crippen LogP contribution in [-0.2, 0) is 0 Å². The Kier molecular flexibility index (Phi) is 3.68. The Morgan fingerprint density at radius 2 is 2.06 bits per heavy atom.